The van der Waals surface area contributed by atoms with Gasteiger partial charge in [0.2, 0.25) is 0 Å². The minimum absolute atomic E-state index is 0.374. The van der Waals surface area contributed by atoms with Crippen LogP contribution in [0.3, 0.4) is 0 Å². The molecule has 2 aromatic rings. The zero-order valence-corrected chi connectivity index (χ0v) is 13.1. The molecular formula is C15H14BrF2NO2. The van der Waals surface area contributed by atoms with Crippen LogP contribution >= 0.6 is 15.9 Å². The van der Waals surface area contributed by atoms with Crippen molar-refractivity contribution < 1.29 is 18.3 Å². The zero-order chi connectivity index (χ0) is 15.4. The summed E-state index contributed by atoms with van der Waals surface area (Å²) in [5.41, 5.74) is 1.25. The van der Waals surface area contributed by atoms with Crippen LogP contribution in [0.2, 0.25) is 0 Å². The Labute approximate surface area is 130 Å². The molecule has 2 aromatic carbocycles. The number of ether oxygens (including phenoxy) is 2. The Morgan fingerprint density at radius 1 is 1.00 bits per heavy atom. The first-order valence-electron chi connectivity index (χ1n) is 6.14. The highest BCUT2D eigenvalue weighted by Crippen LogP contribution is 2.36. The van der Waals surface area contributed by atoms with Crippen LogP contribution < -0.4 is 14.8 Å². The second kappa shape index (κ2) is 6.76. The number of hydrogen-bond acceptors (Lipinski definition) is 3. The average Bonchev–Trinajstić information content (AvgIpc) is 2.43. The fourth-order valence-corrected chi connectivity index (χ4v) is 2.58. The van der Waals surface area contributed by atoms with Gasteiger partial charge in [0, 0.05) is 18.3 Å². The maximum atomic E-state index is 13.1. The Kier molecular flexibility index (Phi) is 5.01. The molecule has 0 amide bonds. The molecular weight excluding hydrogens is 344 g/mol. The van der Waals surface area contributed by atoms with Crippen molar-refractivity contribution in [3.8, 4) is 11.5 Å². The lowest BCUT2D eigenvalue weighted by Crippen LogP contribution is -2.02. The number of rotatable bonds is 5. The molecule has 3 nitrogen and oxygen atoms in total. The molecule has 0 aliphatic rings. The van der Waals surface area contributed by atoms with Crippen molar-refractivity contribution in [2.45, 2.75) is 6.54 Å². The second-order valence-corrected chi connectivity index (χ2v) is 5.18. The number of anilines is 1. The molecule has 0 atom stereocenters. The van der Waals surface area contributed by atoms with Gasteiger partial charge in [0.25, 0.3) is 0 Å². The van der Waals surface area contributed by atoms with Gasteiger partial charge in [0.1, 0.15) is 11.6 Å². The third-order valence-corrected chi connectivity index (χ3v) is 3.44. The Hall–Kier alpha value is -1.82. The quantitative estimate of drug-likeness (QED) is 0.862. The van der Waals surface area contributed by atoms with Gasteiger partial charge in [-0.1, -0.05) is 0 Å². The number of nitrogens with one attached hydrogen (secondary N) is 1. The Morgan fingerprint density at radius 3 is 2.24 bits per heavy atom. The van der Waals surface area contributed by atoms with Crippen molar-refractivity contribution in [1.29, 1.82) is 0 Å². The van der Waals surface area contributed by atoms with Crippen LogP contribution in [0.5, 0.6) is 11.5 Å². The molecule has 0 spiro atoms. The van der Waals surface area contributed by atoms with Gasteiger partial charge in [-0.2, -0.15) is 0 Å². The molecule has 21 heavy (non-hydrogen) atoms. The van der Waals surface area contributed by atoms with Gasteiger partial charge < -0.3 is 14.8 Å². The van der Waals surface area contributed by atoms with Crippen molar-refractivity contribution in [2.24, 2.45) is 0 Å². The number of halogens is 3. The largest absolute Gasteiger partial charge is 0.493 e. The SMILES string of the molecule is COc1cc(CNc2cc(F)cc(F)c2)cc(Br)c1OC. The molecule has 2 rings (SSSR count). The van der Waals surface area contributed by atoms with Crippen LogP contribution in [0.15, 0.2) is 34.8 Å². The highest BCUT2D eigenvalue weighted by Gasteiger charge is 2.10. The minimum atomic E-state index is -0.619. The van der Waals surface area contributed by atoms with E-state index in [4.69, 9.17) is 9.47 Å². The van der Waals surface area contributed by atoms with E-state index in [-0.39, 0.29) is 0 Å². The first kappa shape index (κ1) is 15.6. The van der Waals surface area contributed by atoms with E-state index in [1.807, 2.05) is 6.07 Å². The van der Waals surface area contributed by atoms with Crippen LogP contribution in [-0.4, -0.2) is 14.2 Å². The fraction of sp³-hybridized carbons (Fsp3) is 0.200. The van der Waals surface area contributed by atoms with Crippen LogP contribution in [0, 0.1) is 11.6 Å². The molecule has 0 saturated heterocycles. The molecule has 0 bridgehead atoms. The Bertz CT molecular complexity index is 630. The number of methoxy groups -OCH3 is 2. The fourth-order valence-electron chi connectivity index (χ4n) is 1.93. The van der Waals surface area contributed by atoms with Crippen molar-refractivity contribution in [2.75, 3.05) is 19.5 Å². The summed E-state index contributed by atoms with van der Waals surface area (Å²) in [6.07, 6.45) is 0. The van der Waals surface area contributed by atoms with Gasteiger partial charge in [-0.3, -0.25) is 0 Å². The maximum Gasteiger partial charge on any atom is 0.174 e. The molecule has 0 radical (unpaired) electrons. The Morgan fingerprint density at radius 2 is 1.67 bits per heavy atom. The molecule has 0 fully saturated rings. The highest BCUT2D eigenvalue weighted by molar-refractivity contribution is 9.10. The third kappa shape index (κ3) is 3.85. The van der Waals surface area contributed by atoms with E-state index in [0.717, 1.165) is 16.1 Å². The molecule has 6 heteroatoms. The van der Waals surface area contributed by atoms with E-state index < -0.39 is 11.6 Å². The molecule has 0 aromatic heterocycles. The van der Waals surface area contributed by atoms with E-state index in [0.29, 0.717) is 23.7 Å². The van der Waals surface area contributed by atoms with Crippen LogP contribution in [0.1, 0.15) is 5.56 Å². The molecule has 0 saturated carbocycles. The summed E-state index contributed by atoms with van der Waals surface area (Å²) in [6.45, 7) is 0.391. The lowest BCUT2D eigenvalue weighted by Gasteiger charge is -2.13. The van der Waals surface area contributed by atoms with Crippen molar-refractivity contribution in [3.05, 3.63) is 52.0 Å². The monoisotopic (exact) mass is 357 g/mol. The lowest BCUT2D eigenvalue weighted by atomic mass is 10.2. The normalized spacial score (nSPS) is 10.3. The highest BCUT2D eigenvalue weighted by atomic mass is 79.9. The van der Waals surface area contributed by atoms with E-state index in [1.165, 1.54) is 12.1 Å². The second-order valence-electron chi connectivity index (χ2n) is 4.32. The summed E-state index contributed by atoms with van der Waals surface area (Å²) in [7, 11) is 3.10. The van der Waals surface area contributed by atoms with Crippen molar-refractivity contribution in [3.63, 3.8) is 0 Å². The van der Waals surface area contributed by atoms with Crippen LogP contribution in [-0.2, 0) is 6.54 Å². The predicted molar refractivity (Wildman–Crippen MR) is 80.9 cm³/mol. The van der Waals surface area contributed by atoms with Gasteiger partial charge in [-0.25, -0.2) is 8.78 Å². The number of benzene rings is 2. The first-order valence-corrected chi connectivity index (χ1v) is 6.93. The summed E-state index contributed by atoms with van der Waals surface area (Å²) in [6, 6.07) is 6.95. The lowest BCUT2D eigenvalue weighted by molar-refractivity contribution is 0.352. The number of hydrogen-bond donors (Lipinski definition) is 1. The van der Waals surface area contributed by atoms with Gasteiger partial charge in [-0.15, -0.1) is 0 Å². The maximum absolute atomic E-state index is 13.1. The van der Waals surface area contributed by atoms with Gasteiger partial charge >= 0.3 is 0 Å². The van der Waals surface area contributed by atoms with Gasteiger partial charge in [-0.05, 0) is 45.8 Å². The molecule has 0 unspecified atom stereocenters. The van der Waals surface area contributed by atoms with E-state index >= 15 is 0 Å². The Balaban J connectivity index is 2.18. The van der Waals surface area contributed by atoms with E-state index in [2.05, 4.69) is 21.2 Å². The molecule has 112 valence electrons. The summed E-state index contributed by atoms with van der Waals surface area (Å²) in [5.74, 6) is -0.0656. The van der Waals surface area contributed by atoms with Crippen LogP contribution in [0.4, 0.5) is 14.5 Å². The molecule has 1 N–H and O–H groups in total. The first-order chi connectivity index (χ1) is 10.0. The summed E-state index contributed by atoms with van der Waals surface area (Å²) < 4.78 is 37.4. The predicted octanol–water partition coefficient (Wildman–Crippen LogP) is 4.36. The standard InChI is InChI=1S/C15H14BrF2NO2/c1-20-14-4-9(3-13(16)15(14)21-2)8-19-12-6-10(17)5-11(18)7-12/h3-7,19H,8H2,1-2H3. The van der Waals surface area contributed by atoms with Gasteiger partial charge in [0.15, 0.2) is 11.5 Å². The topological polar surface area (TPSA) is 30.5 Å². The van der Waals surface area contributed by atoms with Crippen LogP contribution in [0.25, 0.3) is 0 Å². The van der Waals surface area contributed by atoms with Gasteiger partial charge in [0.05, 0.1) is 18.7 Å². The summed E-state index contributed by atoms with van der Waals surface area (Å²) >= 11 is 3.40. The smallest absolute Gasteiger partial charge is 0.174 e. The molecule has 0 aliphatic carbocycles. The summed E-state index contributed by atoms with van der Waals surface area (Å²) in [5, 5.41) is 2.96. The van der Waals surface area contributed by atoms with E-state index in [1.54, 1.807) is 20.3 Å². The van der Waals surface area contributed by atoms with Crippen molar-refractivity contribution in [1.82, 2.24) is 0 Å². The summed E-state index contributed by atoms with van der Waals surface area (Å²) in [4.78, 5) is 0. The van der Waals surface area contributed by atoms with Crippen molar-refractivity contribution >= 4 is 21.6 Å². The molecule has 0 heterocycles. The average molecular weight is 358 g/mol. The third-order valence-electron chi connectivity index (χ3n) is 2.85. The van der Waals surface area contributed by atoms with E-state index in [9.17, 15) is 8.78 Å². The zero-order valence-electron chi connectivity index (χ0n) is 11.5. The molecule has 0 aliphatic heterocycles. The minimum Gasteiger partial charge on any atom is -0.493 e.